The fourth-order valence-electron chi connectivity index (χ4n) is 3.43. The Kier molecular flexibility index (Phi) is 6.74. The highest BCUT2D eigenvalue weighted by Gasteiger charge is 2.36. The topological polar surface area (TPSA) is 23.5 Å². The summed E-state index contributed by atoms with van der Waals surface area (Å²) >= 11 is 0. The molecule has 0 radical (unpaired) electrons. The molecule has 0 fully saturated rings. The minimum absolute atomic E-state index is 0.0359. The van der Waals surface area contributed by atoms with Gasteiger partial charge in [0.15, 0.2) is 0 Å². The first-order valence-corrected chi connectivity index (χ1v) is 9.08. The third-order valence-electron chi connectivity index (χ3n) is 5.11. The summed E-state index contributed by atoms with van der Waals surface area (Å²) in [7, 11) is 4.04. The fourth-order valence-corrected chi connectivity index (χ4v) is 3.43. The van der Waals surface area contributed by atoms with E-state index in [1.807, 2.05) is 39.2 Å². The van der Waals surface area contributed by atoms with Gasteiger partial charge in [0.05, 0.1) is 5.60 Å². The van der Waals surface area contributed by atoms with Crippen molar-refractivity contribution in [3.63, 3.8) is 0 Å². The third-order valence-corrected chi connectivity index (χ3v) is 5.11. The second-order valence-electron chi connectivity index (χ2n) is 7.57. The van der Waals surface area contributed by atoms with Gasteiger partial charge >= 0.3 is 0 Å². The lowest BCUT2D eigenvalue weighted by Gasteiger charge is -2.37. The van der Waals surface area contributed by atoms with Crippen LogP contribution in [0, 0.1) is 18.7 Å². The van der Waals surface area contributed by atoms with E-state index in [0.29, 0.717) is 6.42 Å². The highest BCUT2D eigenvalue weighted by atomic mass is 19.1. The quantitative estimate of drug-likeness (QED) is 0.777. The highest BCUT2D eigenvalue weighted by Crippen LogP contribution is 2.33. The van der Waals surface area contributed by atoms with E-state index >= 15 is 0 Å². The maximum absolute atomic E-state index is 13.2. The Morgan fingerprint density at radius 1 is 1.15 bits per heavy atom. The molecule has 2 rings (SSSR count). The van der Waals surface area contributed by atoms with Gasteiger partial charge < -0.3 is 10.0 Å². The molecule has 0 aromatic heterocycles. The molecule has 26 heavy (non-hydrogen) atoms. The van der Waals surface area contributed by atoms with Crippen molar-refractivity contribution in [3.8, 4) is 0 Å². The van der Waals surface area contributed by atoms with Gasteiger partial charge in [-0.25, -0.2) is 4.39 Å². The molecule has 3 heteroatoms. The second-order valence-corrected chi connectivity index (χ2v) is 7.57. The van der Waals surface area contributed by atoms with Gasteiger partial charge in [0.25, 0.3) is 0 Å². The summed E-state index contributed by atoms with van der Waals surface area (Å²) in [5.41, 5.74) is 3.13. The van der Waals surface area contributed by atoms with Gasteiger partial charge in [-0.1, -0.05) is 49.4 Å². The van der Waals surface area contributed by atoms with Crippen LogP contribution in [0.25, 0.3) is 6.08 Å². The molecule has 2 atom stereocenters. The molecule has 0 aliphatic carbocycles. The van der Waals surface area contributed by atoms with Crippen LogP contribution >= 0.6 is 0 Å². The van der Waals surface area contributed by atoms with E-state index in [1.54, 1.807) is 12.1 Å². The Hall–Kier alpha value is -1.97. The van der Waals surface area contributed by atoms with Crippen molar-refractivity contribution >= 4 is 6.08 Å². The molecule has 1 N–H and O–H groups in total. The molecule has 0 aliphatic rings. The third kappa shape index (κ3) is 5.03. The summed E-state index contributed by atoms with van der Waals surface area (Å²) < 4.78 is 13.2. The molecule has 2 aromatic rings. The van der Waals surface area contributed by atoms with Crippen molar-refractivity contribution in [2.45, 2.75) is 32.8 Å². The number of nitrogens with zero attached hydrogens (tertiary/aromatic N) is 1. The van der Waals surface area contributed by atoms with E-state index < -0.39 is 5.60 Å². The van der Waals surface area contributed by atoms with Crippen molar-refractivity contribution in [1.29, 1.82) is 0 Å². The maximum atomic E-state index is 13.2. The minimum Gasteiger partial charge on any atom is -0.385 e. The summed E-state index contributed by atoms with van der Waals surface area (Å²) in [6.07, 6.45) is 2.52. The lowest BCUT2D eigenvalue weighted by molar-refractivity contribution is 0.0148. The molecule has 0 spiro atoms. The average molecular weight is 355 g/mol. The van der Waals surface area contributed by atoms with E-state index in [2.05, 4.69) is 30.9 Å². The van der Waals surface area contributed by atoms with Crippen LogP contribution in [0.4, 0.5) is 4.39 Å². The molecule has 2 nitrogen and oxygen atoms in total. The number of hydrogen-bond acceptors (Lipinski definition) is 2. The molecule has 0 amide bonds. The summed E-state index contributed by atoms with van der Waals surface area (Å²) in [6.45, 7) is 6.90. The van der Waals surface area contributed by atoms with E-state index in [1.165, 1.54) is 17.7 Å². The summed E-state index contributed by atoms with van der Waals surface area (Å²) in [4.78, 5) is 2.10. The zero-order valence-corrected chi connectivity index (χ0v) is 16.5. The number of halogens is 1. The summed E-state index contributed by atoms with van der Waals surface area (Å²) in [5.74, 6) is -0.218. The lowest BCUT2D eigenvalue weighted by atomic mass is 9.76. The number of benzene rings is 2. The zero-order chi connectivity index (χ0) is 19.3. The lowest BCUT2D eigenvalue weighted by Crippen LogP contribution is -2.44. The van der Waals surface area contributed by atoms with E-state index in [0.717, 1.165) is 23.2 Å². The standard InChI is InChI=1S/C23H30FNO/c1-17-8-6-7-9-21(17)15-23(26,19(3)16-25(4)5)18(2)14-20-10-12-22(24)13-11-20/h6-14,19,26H,15-16H2,1-5H3/b18-14+. The Balaban J connectivity index is 2.41. The van der Waals surface area contributed by atoms with Crippen molar-refractivity contribution in [3.05, 3.63) is 76.6 Å². The maximum Gasteiger partial charge on any atom is 0.123 e. The number of aryl methyl sites for hydroxylation is 1. The smallest absolute Gasteiger partial charge is 0.123 e. The van der Waals surface area contributed by atoms with Crippen LogP contribution in [0.15, 0.2) is 54.1 Å². The first-order chi connectivity index (χ1) is 12.2. The molecule has 140 valence electrons. The van der Waals surface area contributed by atoms with Gasteiger partial charge in [-0.2, -0.15) is 0 Å². The van der Waals surface area contributed by atoms with Crippen molar-refractivity contribution < 1.29 is 9.50 Å². The van der Waals surface area contributed by atoms with Crippen molar-refractivity contribution in [2.24, 2.45) is 5.92 Å². The first kappa shape index (κ1) is 20.3. The van der Waals surface area contributed by atoms with Crippen molar-refractivity contribution in [2.75, 3.05) is 20.6 Å². The molecule has 0 heterocycles. The van der Waals surface area contributed by atoms with Gasteiger partial charge in [0.2, 0.25) is 0 Å². The van der Waals surface area contributed by atoms with E-state index in [-0.39, 0.29) is 11.7 Å². The number of hydrogen-bond donors (Lipinski definition) is 1. The number of aliphatic hydroxyl groups is 1. The van der Waals surface area contributed by atoms with Crippen LogP contribution in [0.2, 0.25) is 0 Å². The van der Waals surface area contributed by atoms with E-state index in [4.69, 9.17) is 0 Å². The molecular weight excluding hydrogens is 325 g/mol. The molecule has 2 unspecified atom stereocenters. The SMILES string of the molecule is C/C(=C\c1ccc(F)cc1)C(O)(Cc1ccccc1C)C(C)CN(C)C. The van der Waals surface area contributed by atoms with Crippen LogP contribution in [-0.4, -0.2) is 36.2 Å². The van der Waals surface area contributed by atoms with Crippen molar-refractivity contribution in [1.82, 2.24) is 4.90 Å². The second kappa shape index (κ2) is 8.61. The molecule has 0 aliphatic heterocycles. The predicted octanol–water partition coefficient (Wildman–Crippen LogP) is 4.71. The molecule has 0 saturated heterocycles. The average Bonchev–Trinajstić information content (AvgIpc) is 2.58. The Labute approximate surface area is 157 Å². The molecule has 0 saturated carbocycles. The molecular formula is C23H30FNO. The summed E-state index contributed by atoms with van der Waals surface area (Å²) in [5, 5.41) is 11.7. The number of rotatable bonds is 7. The van der Waals surface area contributed by atoms with E-state index in [9.17, 15) is 9.50 Å². The highest BCUT2D eigenvalue weighted by molar-refractivity contribution is 5.55. The van der Waals surface area contributed by atoms with Gasteiger partial charge in [-0.05, 0) is 62.3 Å². The van der Waals surface area contributed by atoms with Gasteiger partial charge in [-0.15, -0.1) is 0 Å². The van der Waals surface area contributed by atoms with Gasteiger partial charge in [0.1, 0.15) is 5.82 Å². The Morgan fingerprint density at radius 3 is 2.35 bits per heavy atom. The molecule has 0 bridgehead atoms. The molecule has 2 aromatic carbocycles. The largest absolute Gasteiger partial charge is 0.385 e. The van der Waals surface area contributed by atoms with Crippen LogP contribution in [0.1, 0.15) is 30.5 Å². The zero-order valence-electron chi connectivity index (χ0n) is 16.5. The Morgan fingerprint density at radius 2 is 1.77 bits per heavy atom. The van der Waals surface area contributed by atoms with Crippen LogP contribution in [0.3, 0.4) is 0 Å². The first-order valence-electron chi connectivity index (χ1n) is 9.08. The van der Waals surface area contributed by atoms with Crippen LogP contribution in [-0.2, 0) is 6.42 Å². The summed E-state index contributed by atoms with van der Waals surface area (Å²) in [6, 6.07) is 14.6. The van der Waals surface area contributed by atoms with Gasteiger partial charge in [0, 0.05) is 18.9 Å². The fraction of sp³-hybridized carbons (Fsp3) is 0.391. The van der Waals surface area contributed by atoms with Crippen LogP contribution in [0.5, 0.6) is 0 Å². The monoisotopic (exact) mass is 355 g/mol. The Bertz CT molecular complexity index is 751. The predicted molar refractivity (Wildman–Crippen MR) is 108 cm³/mol. The normalized spacial score (nSPS) is 15.8. The minimum atomic E-state index is -0.981. The van der Waals surface area contributed by atoms with Crippen LogP contribution < -0.4 is 0 Å². The van der Waals surface area contributed by atoms with Gasteiger partial charge in [-0.3, -0.25) is 0 Å².